The van der Waals surface area contributed by atoms with Crippen molar-refractivity contribution in [3.05, 3.63) is 130 Å². The number of sulfonamides is 1. The molecule has 0 fully saturated rings. The third kappa shape index (κ3) is 8.84. The van der Waals surface area contributed by atoms with Crippen molar-refractivity contribution in [3.63, 3.8) is 0 Å². The molecule has 11 heteroatoms. The van der Waals surface area contributed by atoms with Gasteiger partial charge in [-0.05, 0) is 66.9 Å². The quantitative estimate of drug-likeness (QED) is 0.168. The molecule has 0 aliphatic rings. The fourth-order valence-electron chi connectivity index (χ4n) is 4.67. The fraction of sp³-hybridized carbons (Fsp3) is 0.235. The Morgan fingerprint density at radius 2 is 1.47 bits per heavy atom. The molecule has 4 aromatic carbocycles. The Morgan fingerprint density at radius 3 is 2.07 bits per heavy atom. The number of anilines is 1. The van der Waals surface area contributed by atoms with Crippen LogP contribution in [0.5, 0.6) is 0 Å². The van der Waals surface area contributed by atoms with Crippen LogP contribution < -0.4 is 9.62 Å². The SMILES string of the molecule is CC[C@H](C)NC(=O)[C@@H](Cc1ccccc1)N(Cc1ccc(F)cc1)C(=O)CN(c1ccc(Cl)c(Cl)c1)S(=O)(=O)c1ccccc1. The number of nitrogens with zero attached hydrogens (tertiary/aromatic N) is 2. The van der Waals surface area contributed by atoms with Gasteiger partial charge in [0.15, 0.2) is 0 Å². The van der Waals surface area contributed by atoms with Crippen LogP contribution >= 0.6 is 23.2 Å². The smallest absolute Gasteiger partial charge is 0.264 e. The number of nitrogens with one attached hydrogen (secondary N) is 1. The predicted octanol–water partition coefficient (Wildman–Crippen LogP) is 6.88. The van der Waals surface area contributed by atoms with Gasteiger partial charge in [0.05, 0.1) is 20.6 Å². The topological polar surface area (TPSA) is 86.8 Å². The first kappa shape index (κ1) is 34.0. The van der Waals surface area contributed by atoms with Gasteiger partial charge in [-0.25, -0.2) is 12.8 Å². The first-order valence-corrected chi connectivity index (χ1v) is 16.6. The standard InChI is InChI=1S/C34H34Cl2FN3O4S/c1-3-24(2)38-34(42)32(20-25-10-6-4-7-11-25)39(22-26-14-16-27(37)17-15-26)33(41)23-40(28-18-19-30(35)31(36)21-28)45(43,44)29-12-8-5-9-13-29/h4-19,21,24,32H,3,20,22-23H2,1-2H3,(H,38,42)/t24-,32+/m0/s1. The fourth-order valence-corrected chi connectivity index (χ4v) is 6.39. The van der Waals surface area contributed by atoms with Crippen molar-refractivity contribution in [2.75, 3.05) is 10.8 Å². The average Bonchev–Trinajstić information content (AvgIpc) is 3.04. The summed E-state index contributed by atoms with van der Waals surface area (Å²) in [7, 11) is -4.28. The van der Waals surface area contributed by atoms with E-state index in [1.54, 1.807) is 18.2 Å². The van der Waals surface area contributed by atoms with Crippen molar-refractivity contribution in [3.8, 4) is 0 Å². The average molecular weight is 671 g/mol. The van der Waals surface area contributed by atoms with Gasteiger partial charge in [0.25, 0.3) is 10.0 Å². The molecule has 2 atom stereocenters. The normalized spacial score (nSPS) is 12.6. The Hall–Kier alpha value is -3.92. The minimum absolute atomic E-state index is 0.0377. The van der Waals surface area contributed by atoms with Gasteiger partial charge in [-0.1, -0.05) is 90.8 Å². The lowest BCUT2D eigenvalue weighted by Gasteiger charge is -2.34. The van der Waals surface area contributed by atoms with Crippen molar-refractivity contribution >= 4 is 50.7 Å². The van der Waals surface area contributed by atoms with Gasteiger partial charge in [0.1, 0.15) is 18.4 Å². The highest BCUT2D eigenvalue weighted by molar-refractivity contribution is 7.92. The van der Waals surface area contributed by atoms with Gasteiger partial charge in [0, 0.05) is 19.0 Å². The minimum atomic E-state index is -4.28. The third-order valence-corrected chi connectivity index (χ3v) is 9.87. The van der Waals surface area contributed by atoms with E-state index >= 15 is 0 Å². The van der Waals surface area contributed by atoms with Gasteiger partial charge in [-0.15, -0.1) is 0 Å². The number of carbonyl (C=O) groups is 2. The summed E-state index contributed by atoms with van der Waals surface area (Å²) in [5.74, 6) is -1.49. The van der Waals surface area contributed by atoms with E-state index in [1.807, 2.05) is 44.2 Å². The van der Waals surface area contributed by atoms with Crippen LogP contribution in [-0.2, 0) is 32.6 Å². The monoisotopic (exact) mass is 669 g/mol. The van der Waals surface area contributed by atoms with Crippen LogP contribution in [0.1, 0.15) is 31.4 Å². The number of hydrogen-bond donors (Lipinski definition) is 1. The highest BCUT2D eigenvalue weighted by atomic mass is 35.5. The van der Waals surface area contributed by atoms with E-state index in [2.05, 4.69) is 5.32 Å². The maximum absolute atomic E-state index is 14.4. The molecule has 1 N–H and O–H groups in total. The van der Waals surface area contributed by atoms with Crippen molar-refractivity contribution < 1.29 is 22.4 Å². The molecule has 0 aromatic heterocycles. The second-order valence-corrected chi connectivity index (χ2v) is 13.3. The van der Waals surface area contributed by atoms with Gasteiger partial charge in [0.2, 0.25) is 11.8 Å². The highest BCUT2D eigenvalue weighted by Gasteiger charge is 2.35. The summed E-state index contributed by atoms with van der Waals surface area (Å²) in [5.41, 5.74) is 1.48. The molecular formula is C34H34Cl2FN3O4S. The first-order chi connectivity index (χ1) is 21.5. The molecule has 4 aromatic rings. The Bertz CT molecular complexity index is 1710. The number of halogens is 3. The Morgan fingerprint density at radius 1 is 0.844 bits per heavy atom. The first-order valence-electron chi connectivity index (χ1n) is 14.4. The molecule has 0 saturated heterocycles. The maximum Gasteiger partial charge on any atom is 0.264 e. The van der Waals surface area contributed by atoms with E-state index in [0.717, 1.165) is 9.87 Å². The summed E-state index contributed by atoms with van der Waals surface area (Å²) in [6, 6.07) is 25.6. The second kappa shape index (κ2) is 15.4. The zero-order chi connectivity index (χ0) is 32.6. The Kier molecular flexibility index (Phi) is 11.6. The molecule has 0 spiro atoms. The van der Waals surface area contributed by atoms with Crippen LogP contribution in [0.2, 0.25) is 10.0 Å². The summed E-state index contributed by atoms with van der Waals surface area (Å²) >= 11 is 12.4. The van der Waals surface area contributed by atoms with Crippen LogP contribution in [0.15, 0.2) is 108 Å². The minimum Gasteiger partial charge on any atom is -0.352 e. The maximum atomic E-state index is 14.4. The number of rotatable bonds is 13. The molecular weight excluding hydrogens is 636 g/mol. The third-order valence-electron chi connectivity index (χ3n) is 7.34. The molecule has 2 amide bonds. The van der Waals surface area contributed by atoms with E-state index in [1.165, 1.54) is 59.5 Å². The van der Waals surface area contributed by atoms with E-state index in [4.69, 9.17) is 23.2 Å². The van der Waals surface area contributed by atoms with Crippen LogP contribution in [0.25, 0.3) is 0 Å². The van der Waals surface area contributed by atoms with Gasteiger partial charge >= 0.3 is 0 Å². The van der Waals surface area contributed by atoms with E-state index in [9.17, 15) is 22.4 Å². The molecule has 4 rings (SSSR count). The van der Waals surface area contributed by atoms with Crippen LogP contribution in [-0.4, -0.2) is 43.8 Å². The van der Waals surface area contributed by atoms with Gasteiger partial charge in [-0.2, -0.15) is 0 Å². The van der Waals surface area contributed by atoms with Crippen molar-refractivity contribution in [2.45, 2.75) is 50.2 Å². The van der Waals surface area contributed by atoms with E-state index < -0.39 is 40.2 Å². The van der Waals surface area contributed by atoms with Gasteiger partial charge < -0.3 is 10.2 Å². The lowest BCUT2D eigenvalue weighted by Crippen LogP contribution is -2.54. The summed E-state index contributed by atoms with van der Waals surface area (Å²) in [4.78, 5) is 29.6. The zero-order valence-electron chi connectivity index (χ0n) is 24.9. The Labute approximate surface area is 273 Å². The summed E-state index contributed by atoms with van der Waals surface area (Å²) in [6.45, 7) is 3.06. The Balaban J connectivity index is 1.81. The zero-order valence-corrected chi connectivity index (χ0v) is 27.2. The molecule has 0 saturated carbocycles. The molecule has 0 heterocycles. The second-order valence-electron chi connectivity index (χ2n) is 10.6. The lowest BCUT2D eigenvalue weighted by molar-refractivity contribution is -0.140. The largest absolute Gasteiger partial charge is 0.352 e. The lowest BCUT2D eigenvalue weighted by atomic mass is 10.0. The summed E-state index contributed by atoms with van der Waals surface area (Å²) in [5, 5.41) is 3.30. The van der Waals surface area contributed by atoms with Crippen LogP contribution in [0, 0.1) is 5.82 Å². The molecule has 0 unspecified atom stereocenters. The van der Waals surface area contributed by atoms with Crippen molar-refractivity contribution in [2.24, 2.45) is 0 Å². The predicted molar refractivity (Wildman–Crippen MR) is 176 cm³/mol. The van der Waals surface area contributed by atoms with Crippen molar-refractivity contribution in [1.29, 1.82) is 0 Å². The molecule has 45 heavy (non-hydrogen) atoms. The molecule has 7 nitrogen and oxygen atoms in total. The molecule has 0 aliphatic carbocycles. The molecule has 0 aliphatic heterocycles. The van der Waals surface area contributed by atoms with Crippen LogP contribution in [0.3, 0.4) is 0 Å². The molecule has 236 valence electrons. The van der Waals surface area contributed by atoms with Crippen molar-refractivity contribution in [1.82, 2.24) is 10.2 Å². The highest BCUT2D eigenvalue weighted by Crippen LogP contribution is 2.31. The number of hydrogen-bond acceptors (Lipinski definition) is 4. The van der Waals surface area contributed by atoms with Crippen LogP contribution in [0.4, 0.5) is 10.1 Å². The summed E-state index contributed by atoms with van der Waals surface area (Å²) in [6.07, 6.45) is 0.824. The summed E-state index contributed by atoms with van der Waals surface area (Å²) < 4.78 is 42.8. The molecule has 0 bridgehead atoms. The number of benzene rings is 4. The molecule has 0 radical (unpaired) electrons. The van der Waals surface area contributed by atoms with E-state index in [0.29, 0.717) is 12.0 Å². The number of carbonyl (C=O) groups excluding carboxylic acids is 2. The number of amides is 2. The van der Waals surface area contributed by atoms with Gasteiger partial charge in [-0.3, -0.25) is 13.9 Å². The van der Waals surface area contributed by atoms with E-state index in [-0.39, 0.29) is 39.6 Å².